The number of nitrogens with two attached hydrogens (primary N) is 1. The van der Waals surface area contributed by atoms with E-state index in [4.69, 9.17) is 33.5 Å². The predicted molar refractivity (Wildman–Crippen MR) is 94.5 cm³/mol. The number of nitrogen functional groups attached to an aromatic ring is 1. The Morgan fingerprint density at radius 2 is 1.62 bits per heavy atom. The van der Waals surface area contributed by atoms with Gasteiger partial charge in [-0.3, -0.25) is 0 Å². The molecule has 0 saturated heterocycles. The quantitative estimate of drug-likeness (QED) is 0.546. The van der Waals surface area contributed by atoms with Crippen LogP contribution in [0.2, 0.25) is 10.0 Å². The number of benzene rings is 2. The maximum atomic E-state index is 6.28. The van der Waals surface area contributed by atoms with Crippen molar-refractivity contribution in [1.29, 1.82) is 0 Å². The molecule has 0 radical (unpaired) electrons. The molecule has 3 aromatic rings. The molecule has 0 aliphatic heterocycles. The summed E-state index contributed by atoms with van der Waals surface area (Å²) in [7, 11) is 0. The molecule has 2 N–H and O–H groups in total. The van der Waals surface area contributed by atoms with Gasteiger partial charge in [-0.2, -0.15) is 0 Å². The highest BCUT2D eigenvalue weighted by atomic mass is 127. The molecule has 0 aliphatic carbocycles. The van der Waals surface area contributed by atoms with Crippen molar-refractivity contribution in [3.05, 3.63) is 56.1 Å². The minimum atomic E-state index is 0.264. The Bertz CT molecular complexity index is 797. The van der Waals surface area contributed by atoms with Crippen LogP contribution in [0.15, 0.2) is 47.0 Å². The Kier molecular flexibility index (Phi) is 4.10. The van der Waals surface area contributed by atoms with Gasteiger partial charge >= 0.3 is 0 Å². The van der Waals surface area contributed by atoms with Crippen molar-refractivity contribution in [3.8, 4) is 22.5 Å². The second kappa shape index (κ2) is 5.87. The third kappa shape index (κ3) is 2.63. The van der Waals surface area contributed by atoms with Crippen LogP contribution in [0.3, 0.4) is 0 Å². The monoisotopic (exact) mass is 430 g/mol. The maximum Gasteiger partial charge on any atom is 0.178 e. The minimum absolute atomic E-state index is 0.264. The zero-order chi connectivity index (χ0) is 15.0. The van der Waals surface area contributed by atoms with E-state index >= 15 is 0 Å². The van der Waals surface area contributed by atoms with Gasteiger partial charge in [0.1, 0.15) is 0 Å². The van der Waals surface area contributed by atoms with Crippen LogP contribution in [-0.4, -0.2) is 5.16 Å². The molecule has 0 unspecified atom stereocenters. The van der Waals surface area contributed by atoms with E-state index in [0.717, 1.165) is 9.13 Å². The topological polar surface area (TPSA) is 52.0 Å². The molecule has 0 saturated carbocycles. The highest BCUT2D eigenvalue weighted by molar-refractivity contribution is 14.1. The Labute approximate surface area is 145 Å². The Hall–Kier alpha value is -1.24. The SMILES string of the molecule is Nc1noc(-c2ccccc2I)c1-c1c(Cl)cccc1Cl. The molecule has 1 aromatic heterocycles. The first-order valence-corrected chi connectivity index (χ1v) is 7.87. The van der Waals surface area contributed by atoms with E-state index in [1.54, 1.807) is 18.2 Å². The normalized spacial score (nSPS) is 10.8. The molecule has 0 spiro atoms. The molecule has 0 atom stereocenters. The Morgan fingerprint density at radius 1 is 0.952 bits per heavy atom. The molecule has 2 aromatic carbocycles. The number of halogens is 3. The molecule has 1 heterocycles. The number of aromatic nitrogens is 1. The molecule has 106 valence electrons. The largest absolute Gasteiger partial charge is 0.380 e. The third-order valence-electron chi connectivity index (χ3n) is 3.05. The lowest BCUT2D eigenvalue weighted by atomic mass is 10.0. The lowest BCUT2D eigenvalue weighted by Crippen LogP contribution is -1.91. The van der Waals surface area contributed by atoms with E-state index in [2.05, 4.69) is 27.7 Å². The fourth-order valence-electron chi connectivity index (χ4n) is 2.11. The first kappa shape index (κ1) is 14.7. The van der Waals surface area contributed by atoms with Gasteiger partial charge in [0, 0.05) is 14.7 Å². The summed E-state index contributed by atoms with van der Waals surface area (Å²) in [4.78, 5) is 0. The summed E-state index contributed by atoms with van der Waals surface area (Å²) < 4.78 is 6.45. The van der Waals surface area contributed by atoms with Crippen molar-refractivity contribution >= 4 is 51.6 Å². The van der Waals surface area contributed by atoms with Crippen molar-refractivity contribution in [2.75, 3.05) is 5.73 Å². The second-order valence-corrected chi connectivity index (χ2v) is 6.33. The highest BCUT2D eigenvalue weighted by Gasteiger charge is 2.23. The number of hydrogen-bond acceptors (Lipinski definition) is 3. The smallest absolute Gasteiger partial charge is 0.178 e. The van der Waals surface area contributed by atoms with E-state index in [1.807, 2.05) is 24.3 Å². The first-order chi connectivity index (χ1) is 10.1. The average Bonchev–Trinajstić information content (AvgIpc) is 2.81. The predicted octanol–water partition coefficient (Wildman–Crippen LogP) is 5.50. The van der Waals surface area contributed by atoms with E-state index < -0.39 is 0 Å². The fourth-order valence-corrected chi connectivity index (χ4v) is 3.33. The zero-order valence-electron chi connectivity index (χ0n) is 10.6. The molecule has 6 heteroatoms. The lowest BCUT2D eigenvalue weighted by Gasteiger charge is -2.08. The summed E-state index contributed by atoms with van der Waals surface area (Å²) in [5, 5.41) is 4.88. The van der Waals surface area contributed by atoms with Crippen LogP contribution >= 0.6 is 45.8 Å². The van der Waals surface area contributed by atoms with Crippen LogP contribution in [0.1, 0.15) is 0 Å². The number of nitrogens with zero attached hydrogens (tertiary/aromatic N) is 1. The van der Waals surface area contributed by atoms with E-state index in [1.165, 1.54) is 0 Å². The van der Waals surface area contributed by atoms with E-state index in [-0.39, 0.29) is 5.82 Å². The second-order valence-electron chi connectivity index (χ2n) is 4.35. The lowest BCUT2D eigenvalue weighted by molar-refractivity contribution is 0.436. The number of anilines is 1. The van der Waals surface area contributed by atoms with Gasteiger partial charge in [-0.25, -0.2) is 0 Å². The summed E-state index contributed by atoms with van der Waals surface area (Å²) in [6.45, 7) is 0. The summed E-state index contributed by atoms with van der Waals surface area (Å²) in [5.41, 5.74) is 8.12. The zero-order valence-corrected chi connectivity index (χ0v) is 14.3. The van der Waals surface area contributed by atoms with E-state index in [9.17, 15) is 0 Å². The van der Waals surface area contributed by atoms with Gasteiger partial charge in [0.15, 0.2) is 11.6 Å². The minimum Gasteiger partial charge on any atom is -0.380 e. The fraction of sp³-hybridized carbons (Fsp3) is 0. The molecule has 0 amide bonds. The summed E-state index contributed by atoms with van der Waals surface area (Å²) in [6.07, 6.45) is 0. The van der Waals surface area contributed by atoms with Gasteiger partial charge in [-0.05, 0) is 40.8 Å². The van der Waals surface area contributed by atoms with E-state index in [0.29, 0.717) is 26.9 Å². The van der Waals surface area contributed by atoms with Crippen molar-refractivity contribution < 1.29 is 4.52 Å². The highest BCUT2D eigenvalue weighted by Crippen LogP contribution is 2.44. The Balaban J connectivity index is 2.31. The molecule has 21 heavy (non-hydrogen) atoms. The molecular weight excluding hydrogens is 422 g/mol. The van der Waals surface area contributed by atoms with Crippen molar-refractivity contribution in [2.24, 2.45) is 0 Å². The van der Waals surface area contributed by atoms with Gasteiger partial charge in [-0.15, -0.1) is 0 Å². The molecule has 0 aliphatic rings. The van der Waals surface area contributed by atoms with Gasteiger partial charge in [0.05, 0.1) is 15.6 Å². The first-order valence-electron chi connectivity index (χ1n) is 6.04. The van der Waals surface area contributed by atoms with Crippen LogP contribution in [0.25, 0.3) is 22.5 Å². The molecule has 0 bridgehead atoms. The third-order valence-corrected chi connectivity index (χ3v) is 4.62. The van der Waals surface area contributed by atoms with Crippen LogP contribution in [0.4, 0.5) is 5.82 Å². The number of hydrogen-bond donors (Lipinski definition) is 1. The summed E-state index contributed by atoms with van der Waals surface area (Å²) in [6, 6.07) is 13.1. The van der Waals surface area contributed by atoms with Crippen molar-refractivity contribution in [3.63, 3.8) is 0 Å². The van der Waals surface area contributed by atoms with Gasteiger partial charge in [0.25, 0.3) is 0 Å². The molecule has 3 rings (SSSR count). The van der Waals surface area contributed by atoms with Gasteiger partial charge in [-0.1, -0.05) is 52.6 Å². The molecule has 3 nitrogen and oxygen atoms in total. The number of rotatable bonds is 2. The van der Waals surface area contributed by atoms with Crippen molar-refractivity contribution in [1.82, 2.24) is 5.16 Å². The maximum absolute atomic E-state index is 6.28. The van der Waals surface area contributed by atoms with Crippen LogP contribution in [0.5, 0.6) is 0 Å². The van der Waals surface area contributed by atoms with Crippen LogP contribution < -0.4 is 5.73 Å². The summed E-state index contributed by atoms with van der Waals surface area (Å²) >= 11 is 14.8. The van der Waals surface area contributed by atoms with Crippen molar-refractivity contribution in [2.45, 2.75) is 0 Å². The standard InChI is InChI=1S/C15H9Cl2IN2O/c16-9-5-3-6-10(17)12(9)13-14(21-20-15(13)19)8-4-1-2-7-11(8)18/h1-7H,(H2,19,20). The van der Waals surface area contributed by atoms with Gasteiger partial charge < -0.3 is 10.3 Å². The molecule has 0 fully saturated rings. The molecular formula is C15H9Cl2IN2O. The van der Waals surface area contributed by atoms with Crippen LogP contribution in [0, 0.1) is 3.57 Å². The summed E-state index contributed by atoms with van der Waals surface area (Å²) in [5.74, 6) is 0.826. The van der Waals surface area contributed by atoms with Crippen LogP contribution in [-0.2, 0) is 0 Å². The van der Waals surface area contributed by atoms with Gasteiger partial charge in [0.2, 0.25) is 0 Å². The Morgan fingerprint density at radius 3 is 2.29 bits per heavy atom. The average molecular weight is 431 g/mol.